The predicted molar refractivity (Wildman–Crippen MR) is 135 cm³/mol. The molecule has 1 amide bonds. The highest BCUT2D eigenvalue weighted by Gasteiger charge is 2.28. The highest BCUT2D eigenvalue weighted by Crippen LogP contribution is 2.34. The van der Waals surface area contributed by atoms with Gasteiger partial charge >= 0.3 is 0 Å². The van der Waals surface area contributed by atoms with E-state index in [-0.39, 0.29) is 5.91 Å². The Morgan fingerprint density at radius 3 is 2.61 bits per heavy atom. The number of halogens is 1. The van der Waals surface area contributed by atoms with E-state index in [1.165, 1.54) is 12.8 Å². The number of aromatic nitrogens is 2. The molecule has 1 saturated carbocycles. The van der Waals surface area contributed by atoms with Crippen LogP contribution in [0.1, 0.15) is 54.1 Å². The van der Waals surface area contributed by atoms with Crippen molar-refractivity contribution in [2.24, 2.45) is 0 Å². The molecule has 2 heterocycles. The second kappa shape index (κ2) is 10.1. The molecule has 1 aliphatic carbocycles. The largest absolute Gasteiger partial charge is 0.369 e. The second-order valence-corrected chi connectivity index (χ2v) is 9.62. The van der Waals surface area contributed by atoms with Gasteiger partial charge in [-0.15, -0.1) is 0 Å². The van der Waals surface area contributed by atoms with Crippen molar-refractivity contribution in [2.45, 2.75) is 58.2 Å². The summed E-state index contributed by atoms with van der Waals surface area (Å²) in [6, 6.07) is 10.8. The molecule has 33 heavy (non-hydrogen) atoms. The number of rotatable bonds is 7. The summed E-state index contributed by atoms with van der Waals surface area (Å²) in [7, 11) is 4.34. The molecule has 4 rings (SSSR count). The number of carbonyl (C=O) groups excluding carboxylic acids is 1. The van der Waals surface area contributed by atoms with Gasteiger partial charge in [-0.1, -0.05) is 17.7 Å². The number of anilines is 1. The van der Waals surface area contributed by atoms with E-state index >= 15 is 0 Å². The number of carbonyl (C=O) groups is 1. The van der Waals surface area contributed by atoms with Crippen LogP contribution in [0.4, 0.5) is 5.69 Å². The first-order valence-corrected chi connectivity index (χ1v) is 12.2. The normalized spacial score (nSPS) is 18.6. The van der Waals surface area contributed by atoms with Crippen molar-refractivity contribution in [1.82, 2.24) is 19.8 Å². The van der Waals surface area contributed by atoms with E-state index in [0.29, 0.717) is 29.2 Å². The van der Waals surface area contributed by atoms with Crippen LogP contribution in [-0.2, 0) is 6.54 Å². The van der Waals surface area contributed by atoms with Crippen LogP contribution in [0, 0.1) is 6.92 Å². The number of pyridine rings is 1. The summed E-state index contributed by atoms with van der Waals surface area (Å²) in [4.78, 5) is 18.0. The highest BCUT2D eigenvalue weighted by molar-refractivity contribution is 6.31. The van der Waals surface area contributed by atoms with Gasteiger partial charge in [0, 0.05) is 53.8 Å². The van der Waals surface area contributed by atoms with Gasteiger partial charge in [-0.25, -0.2) is 4.52 Å². The zero-order valence-electron chi connectivity index (χ0n) is 20.0. The first-order valence-electron chi connectivity index (χ1n) is 11.8. The van der Waals surface area contributed by atoms with Crippen molar-refractivity contribution in [1.29, 1.82) is 0 Å². The fraction of sp³-hybridized carbons (Fsp3) is 0.462. The number of hydrogen-bond acceptors (Lipinski definition) is 4. The fourth-order valence-electron chi connectivity index (χ4n) is 5.14. The molecular formula is C26H34ClN5O. The third kappa shape index (κ3) is 5.02. The van der Waals surface area contributed by atoms with Crippen molar-refractivity contribution < 1.29 is 4.79 Å². The lowest BCUT2D eigenvalue weighted by Crippen LogP contribution is -2.42. The second-order valence-electron chi connectivity index (χ2n) is 9.19. The first-order chi connectivity index (χ1) is 15.9. The van der Waals surface area contributed by atoms with E-state index in [1.807, 2.05) is 41.9 Å². The van der Waals surface area contributed by atoms with Crippen LogP contribution in [0.2, 0.25) is 5.02 Å². The third-order valence-electron chi connectivity index (χ3n) is 7.04. The van der Waals surface area contributed by atoms with E-state index in [4.69, 9.17) is 11.6 Å². The van der Waals surface area contributed by atoms with Crippen molar-refractivity contribution in [3.8, 4) is 0 Å². The highest BCUT2D eigenvalue weighted by atomic mass is 35.5. The van der Waals surface area contributed by atoms with Crippen LogP contribution in [0.3, 0.4) is 0 Å². The average Bonchev–Trinajstić information content (AvgIpc) is 3.30. The van der Waals surface area contributed by atoms with Gasteiger partial charge in [0.05, 0.1) is 5.52 Å². The maximum Gasteiger partial charge on any atom is 0.251 e. The summed E-state index contributed by atoms with van der Waals surface area (Å²) in [5.41, 5.74) is 4.71. The molecule has 0 radical (unpaired) electrons. The Morgan fingerprint density at radius 1 is 1.18 bits per heavy atom. The average molecular weight is 468 g/mol. The third-order valence-corrected chi connectivity index (χ3v) is 7.26. The Morgan fingerprint density at radius 2 is 1.91 bits per heavy atom. The van der Waals surface area contributed by atoms with Gasteiger partial charge in [-0.3, -0.25) is 4.79 Å². The Kier molecular flexibility index (Phi) is 7.25. The van der Waals surface area contributed by atoms with Gasteiger partial charge < -0.3 is 15.1 Å². The number of amides is 1. The van der Waals surface area contributed by atoms with Crippen molar-refractivity contribution in [3.05, 3.63) is 64.4 Å². The zero-order chi connectivity index (χ0) is 23.5. The van der Waals surface area contributed by atoms with E-state index < -0.39 is 0 Å². The number of hydrogen-bond donors (Lipinski definition) is 1. The summed E-state index contributed by atoms with van der Waals surface area (Å²) in [6.07, 6.45) is 8.36. The van der Waals surface area contributed by atoms with Crippen molar-refractivity contribution in [3.63, 3.8) is 0 Å². The number of fused-ring (bicyclic) bond motifs is 1. The summed E-state index contributed by atoms with van der Waals surface area (Å²) in [5, 5.41) is 7.95. The van der Waals surface area contributed by atoms with E-state index in [1.54, 1.807) is 12.3 Å². The predicted octanol–water partition coefficient (Wildman–Crippen LogP) is 4.93. The topological polar surface area (TPSA) is 52.9 Å². The van der Waals surface area contributed by atoms with Crippen LogP contribution < -0.4 is 10.2 Å². The SMILES string of the molecule is CCN(c1cc(Cl)cc(C(=O)NCc2cccn3nccc23)c1C)[C@H]1CC[C@H](N(C)C)CC1. The molecule has 3 aromatic rings. The lowest BCUT2D eigenvalue weighted by Gasteiger charge is -2.40. The summed E-state index contributed by atoms with van der Waals surface area (Å²) in [6.45, 7) is 5.54. The smallest absolute Gasteiger partial charge is 0.251 e. The fourth-order valence-corrected chi connectivity index (χ4v) is 5.36. The van der Waals surface area contributed by atoms with E-state index in [0.717, 1.165) is 41.7 Å². The molecule has 0 atom stereocenters. The van der Waals surface area contributed by atoms with Gasteiger partial charge in [0.1, 0.15) is 0 Å². The minimum Gasteiger partial charge on any atom is -0.369 e. The minimum absolute atomic E-state index is 0.106. The Labute approximate surface area is 201 Å². The lowest BCUT2D eigenvalue weighted by atomic mass is 9.89. The molecule has 0 spiro atoms. The van der Waals surface area contributed by atoms with E-state index in [9.17, 15) is 4.79 Å². The molecule has 6 nitrogen and oxygen atoms in total. The molecule has 0 bridgehead atoms. The monoisotopic (exact) mass is 467 g/mol. The van der Waals surface area contributed by atoms with Gasteiger partial charge in [-0.2, -0.15) is 5.10 Å². The summed E-state index contributed by atoms with van der Waals surface area (Å²) >= 11 is 6.53. The van der Waals surface area contributed by atoms with Crippen molar-refractivity contribution in [2.75, 3.05) is 25.5 Å². The summed E-state index contributed by atoms with van der Waals surface area (Å²) < 4.78 is 1.81. The Balaban J connectivity index is 1.53. The van der Waals surface area contributed by atoms with Crippen LogP contribution in [0.25, 0.3) is 5.52 Å². The van der Waals surface area contributed by atoms with Gasteiger partial charge in [0.25, 0.3) is 5.91 Å². The van der Waals surface area contributed by atoms with Gasteiger partial charge in [-0.05, 0) is 89.0 Å². The van der Waals surface area contributed by atoms with Crippen molar-refractivity contribution >= 4 is 28.7 Å². The number of nitrogens with one attached hydrogen (secondary N) is 1. The quantitative estimate of drug-likeness (QED) is 0.535. The van der Waals surface area contributed by atoms with Gasteiger partial charge in [0.2, 0.25) is 0 Å². The zero-order valence-corrected chi connectivity index (χ0v) is 20.8. The first kappa shape index (κ1) is 23.6. The molecule has 1 fully saturated rings. The molecule has 1 aliphatic rings. The molecule has 1 aromatic carbocycles. The number of nitrogens with zero attached hydrogens (tertiary/aromatic N) is 4. The van der Waals surface area contributed by atoms with Crippen LogP contribution in [0.5, 0.6) is 0 Å². The molecule has 7 heteroatoms. The molecule has 2 aromatic heterocycles. The Bertz CT molecular complexity index is 1120. The molecule has 0 unspecified atom stereocenters. The number of benzene rings is 1. The standard InChI is InChI=1S/C26H34ClN5O/c1-5-31(22-10-8-21(9-11-22)30(3)4)25-16-20(27)15-23(18(25)2)26(33)28-17-19-7-6-14-32-24(19)12-13-29-32/h6-7,12-16,21-22H,5,8-11,17H2,1-4H3,(H,28,33)/t21-,22-. The Hall–Kier alpha value is -2.57. The van der Waals surface area contributed by atoms with Crippen LogP contribution in [-0.4, -0.2) is 53.1 Å². The van der Waals surface area contributed by atoms with E-state index in [2.05, 4.69) is 41.2 Å². The molecular weight excluding hydrogens is 434 g/mol. The molecule has 176 valence electrons. The van der Waals surface area contributed by atoms with Crippen LogP contribution in [0.15, 0.2) is 42.7 Å². The maximum absolute atomic E-state index is 13.2. The molecule has 0 saturated heterocycles. The lowest BCUT2D eigenvalue weighted by molar-refractivity contribution is 0.0950. The summed E-state index contributed by atoms with van der Waals surface area (Å²) in [5.74, 6) is -0.106. The molecule has 1 N–H and O–H groups in total. The molecule has 0 aliphatic heterocycles. The minimum atomic E-state index is -0.106. The maximum atomic E-state index is 13.2. The van der Waals surface area contributed by atoms with Crippen LogP contribution >= 0.6 is 11.6 Å². The van der Waals surface area contributed by atoms with Gasteiger partial charge in [0.15, 0.2) is 0 Å².